The summed E-state index contributed by atoms with van der Waals surface area (Å²) in [4.78, 5) is 11.2. The van der Waals surface area contributed by atoms with Crippen LogP contribution in [0.2, 0.25) is 0 Å². The highest BCUT2D eigenvalue weighted by molar-refractivity contribution is 5.76. The van der Waals surface area contributed by atoms with Gasteiger partial charge in [0, 0.05) is 6.61 Å². The topological polar surface area (TPSA) is 46.5 Å². The van der Waals surface area contributed by atoms with Crippen LogP contribution in [-0.4, -0.2) is 23.3 Å². The Labute approximate surface area is 106 Å². The lowest BCUT2D eigenvalue weighted by atomic mass is 9.97. The number of hydrogen-bond donors (Lipinski definition) is 1. The van der Waals surface area contributed by atoms with Gasteiger partial charge in [0.1, 0.15) is 0 Å². The van der Waals surface area contributed by atoms with Gasteiger partial charge in [0.25, 0.3) is 0 Å². The highest BCUT2D eigenvalue weighted by Gasteiger charge is 2.33. The fourth-order valence-electron chi connectivity index (χ4n) is 1.78. The summed E-state index contributed by atoms with van der Waals surface area (Å²) >= 11 is 0. The normalized spacial score (nSPS) is 14.5. The average Bonchev–Trinajstić information content (AvgIpc) is 2.30. The molecule has 0 amide bonds. The van der Waals surface area contributed by atoms with Gasteiger partial charge in [-0.1, -0.05) is 46.0 Å². The molecule has 0 heterocycles. The Hall–Kier alpha value is -0.570. The van der Waals surface area contributed by atoms with Crippen molar-refractivity contribution < 1.29 is 14.6 Å². The van der Waals surface area contributed by atoms with Gasteiger partial charge in [-0.15, -0.1) is 0 Å². The predicted molar refractivity (Wildman–Crippen MR) is 70.3 cm³/mol. The van der Waals surface area contributed by atoms with Crippen molar-refractivity contribution in [3.63, 3.8) is 0 Å². The minimum Gasteiger partial charge on any atom is -0.479 e. The third-order valence-corrected chi connectivity index (χ3v) is 3.13. The van der Waals surface area contributed by atoms with Gasteiger partial charge in [-0.05, 0) is 26.2 Å². The van der Waals surface area contributed by atoms with E-state index >= 15 is 0 Å². The molecule has 0 aliphatic heterocycles. The summed E-state index contributed by atoms with van der Waals surface area (Å²) in [5, 5.41) is 9.22. The summed E-state index contributed by atoms with van der Waals surface area (Å²) in [5.74, 6) is -0.828. The molecule has 1 unspecified atom stereocenters. The summed E-state index contributed by atoms with van der Waals surface area (Å²) < 4.78 is 5.57. The number of carbonyl (C=O) groups is 1. The highest BCUT2D eigenvalue weighted by Crippen LogP contribution is 2.21. The third kappa shape index (κ3) is 7.37. The molecule has 0 aliphatic carbocycles. The number of hydrogen-bond acceptors (Lipinski definition) is 2. The molecule has 1 atom stereocenters. The Balaban J connectivity index is 3.94. The van der Waals surface area contributed by atoms with Gasteiger partial charge in [0.2, 0.25) is 0 Å². The highest BCUT2D eigenvalue weighted by atomic mass is 16.5. The number of unbranched alkanes of at least 4 members (excludes halogenated alkanes) is 5. The molecule has 1 N–H and O–H groups in total. The third-order valence-electron chi connectivity index (χ3n) is 3.13. The minimum absolute atomic E-state index is 0.560. The molecule has 102 valence electrons. The van der Waals surface area contributed by atoms with Crippen molar-refractivity contribution in [2.75, 3.05) is 6.61 Å². The molecule has 0 spiro atoms. The van der Waals surface area contributed by atoms with Gasteiger partial charge < -0.3 is 9.84 Å². The fraction of sp³-hybridized carbons (Fsp3) is 0.929. The molecule has 0 aliphatic rings. The van der Waals surface area contributed by atoms with Crippen molar-refractivity contribution in [2.24, 2.45) is 0 Å². The first kappa shape index (κ1) is 16.4. The van der Waals surface area contributed by atoms with E-state index < -0.39 is 11.6 Å². The summed E-state index contributed by atoms with van der Waals surface area (Å²) in [6, 6.07) is 0. The molecule has 0 aromatic rings. The number of rotatable bonds is 11. The zero-order valence-corrected chi connectivity index (χ0v) is 11.6. The first-order valence-electron chi connectivity index (χ1n) is 6.94. The van der Waals surface area contributed by atoms with Crippen LogP contribution in [0.5, 0.6) is 0 Å². The molecule has 0 aromatic heterocycles. The molecule has 0 rings (SSSR count). The largest absolute Gasteiger partial charge is 0.479 e. The lowest BCUT2D eigenvalue weighted by Gasteiger charge is -2.25. The smallest absolute Gasteiger partial charge is 0.335 e. The average molecular weight is 244 g/mol. The zero-order valence-electron chi connectivity index (χ0n) is 11.6. The molecule has 3 heteroatoms. The van der Waals surface area contributed by atoms with E-state index in [4.69, 9.17) is 4.74 Å². The first-order chi connectivity index (χ1) is 8.06. The number of carboxylic acids is 1. The lowest BCUT2D eigenvalue weighted by Crippen LogP contribution is -2.38. The lowest BCUT2D eigenvalue weighted by molar-refractivity contribution is -0.165. The monoisotopic (exact) mass is 244 g/mol. The SMILES string of the molecule is CCCCCCC(C)(OCCCCC)C(=O)O. The molecular weight excluding hydrogens is 216 g/mol. The molecule has 0 fully saturated rings. The van der Waals surface area contributed by atoms with E-state index in [1.165, 1.54) is 12.8 Å². The second kappa shape index (κ2) is 9.46. The quantitative estimate of drug-likeness (QED) is 0.559. The van der Waals surface area contributed by atoms with Crippen LogP contribution in [0.3, 0.4) is 0 Å². The Morgan fingerprint density at radius 3 is 2.18 bits per heavy atom. The second-order valence-corrected chi connectivity index (χ2v) is 4.90. The van der Waals surface area contributed by atoms with Crippen molar-refractivity contribution in [1.29, 1.82) is 0 Å². The first-order valence-corrected chi connectivity index (χ1v) is 6.94. The Kier molecular flexibility index (Phi) is 9.14. The van der Waals surface area contributed by atoms with Crippen molar-refractivity contribution in [1.82, 2.24) is 0 Å². The van der Waals surface area contributed by atoms with Gasteiger partial charge in [0.15, 0.2) is 5.60 Å². The second-order valence-electron chi connectivity index (χ2n) is 4.90. The maximum atomic E-state index is 11.2. The zero-order chi connectivity index (χ0) is 13.1. The van der Waals surface area contributed by atoms with Crippen LogP contribution in [0, 0.1) is 0 Å². The standard InChI is InChI=1S/C14H28O3/c1-4-6-8-9-11-14(3,13(15)16)17-12-10-7-5-2/h4-12H2,1-3H3,(H,15,16). The molecule has 0 radical (unpaired) electrons. The molecule has 0 aromatic carbocycles. The van der Waals surface area contributed by atoms with Crippen LogP contribution in [-0.2, 0) is 9.53 Å². The van der Waals surface area contributed by atoms with Crippen molar-refractivity contribution in [3.05, 3.63) is 0 Å². The van der Waals surface area contributed by atoms with E-state index in [0.717, 1.165) is 32.1 Å². The summed E-state index contributed by atoms with van der Waals surface area (Å²) in [6.45, 7) is 6.54. The van der Waals surface area contributed by atoms with Crippen LogP contribution in [0.4, 0.5) is 0 Å². The van der Waals surface area contributed by atoms with Gasteiger partial charge in [0.05, 0.1) is 0 Å². The van der Waals surface area contributed by atoms with Gasteiger partial charge in [-0.2, -0.15) is 0 Å². The van der Waals surface area contributed by atoms with Gasteiger partial charge in [-0.3, -0.25) is 0 Å². The van der Waals surface area contributed by atoms with E-state index in [2.05, 4.69) is 13.8 Å². The van der Waals surface area contributed by atoms with Crippen molar-refractivity contribution in [2.45, 2.75) is 77.7 Å². The van der Waals surface area contributed by atoms with E-state index in [0.29, 0.717) is 13.0 Å². The van der Waals surface area contributed by atoms with Crippen LogP contribution in [0.15, 0.2) is 0 Å². The number of ether oxygens (including phenoxy) is 1. The van der Waals surface area contributed by atoms with Crippen LogP contribution >= 0.6 is 0 Å². The molecule has 0 bridgehead atoms. The molecule has 0 saturated heterocycles. The van der Waals surface area contributed by atoms with E-state index in [1.807, 2.05) is 0 Å². The van der Waals surface area contributed by atoms with Crippen LogP contribution in [0.1, 0.15) is 72.1 Å². The van der Waals surface area contributed by atoms with Gasteiger partial charge in [-0.25, -0.2) is 4.79 Å². The fourth-order valence-corrected chi connectivity index (χ4v) is 1.78. The summed E-state index contributed by atoms with van der Waals surface area (Å²) in [7, 11) is 0. The number of carboxylic acid groups (broad SMARTS) is 1. The van der Waals surface area contributed by atoms with Crippen LogP contribution < -0.4 is 0 Å². The Bertz CT molecular complexity index is 190. The molecule has 17 heavy (non-hydrogen) atoms. The molecule has 0 saturated carbocycles. The maximum absolute atomic E-state index is 11.2. The minimum atomic E-state index is -0.985. The Morgan fingerprint density at radius 2 is 1.65 bits per heavy atom. The van der Waals surface area contributed by atoms with Crippen molar-refractivity contribution in [3.8, 4) is 0 Å². The summed E-state index contributed by atoms with van der Waals surface area (Å²) in [6.07, 6.45) is 8.17. The predicted octanol–water partition coefficient (Wildman–Crippen LogP) is 4.01. The number of aliphatic carboxylic acids is 1. The van der Waals surface area contributed by atoms with E-state index in [-0.39, 0.29) is 0 Å². The van der Waals surface area contributed by atoms with E-state index in [1.54, 1.807) is 6.92 Å². The molecular formula is C14H28O3. The van der Waals surface area contributed by atoms with Crippen LogP contribution in [0.25, 0.3) is 0 Å². The maximum Gasteiger partial charge on any atom is 0.335 e. The van der Waals surface area contributed by atoms with E-state index in [9.17, 15) is 9.90 Å². The summed E-state index contributed by atoms with van der Waals surface area (Å²) in [5.41, 5.74) is -0.985. The Morgan fingerprint density at radius 1 is 1.06 bits per heavy atom. The van der Waals surface area contributed by atoms with Crippen molar-refractivity contribution >= 4 is 5.97 Å². The van der Waals surface area contributed by atoms with Gasteiger partial charge >= 0.3 is 5.97 Å². The molecule has 3 nitrogen and oxygen atoms in total.